The molecule has 1 aliphatic rings. The van der Waals surface area contributed by atoms with E-state index in [1.165, 1.54) is 6.20 Å². The van der Waals surface area contributed by atoms with Crippen LogP contribution in [0.5, 0.6) is 0 Å². The van der Waals surface area contributed by atoms with Crippen LogP contribution in [0.2, 0.25) is 0 Å². The topological polar surface area (TPSA) is 88.3 Å². The molecule has 0 bridgehead atoms. The van der Waals surface area contributed by atoms with Gasteiger partial charge in [0, 0.05) is 18.3 Å². The van der Waals surface area contributed by atoms with E-state index < -0.39 is 10.0 Å². The number of rotatable bonds is 3. The van der Waals surface area contributed by atoms with Crippen molar-refractivity contribution >= 4 is 15.7 Å². The molecule has 106 valence electrons. The Bertz CT molecular complexity index is 536. The van der Waals surface area contributed by atoms with Crippen molar-refractivity contribution in [3.8, 4) is 0 Å². The summed E-state index contributed by atoms with van der Waals surface area (Å²) in [5.74, 6) is 5.37. The summed E-state index contributed by atoms with van der Waals surface area (Å²) in [5.41, 5.74) is 2.73. The lowest BCUT2D eigenvalue weighted by atomic mass is 10.0. The Morgan fingerprint density at radius 3 is 2.58 bits per heavy atom. The molecular formula is C12H20N4O2S. The van der Waals surface area contributed by atoms with Gasteiger partial charge in [0.05, 0.1) is 5.69 Å². The first-order valence-electron chi connectivity index (χ1n) is 6.43. The van der Waals surface area contributed by atoms with E-state index in [9.17, 15) is 8.42 Å². The van der Waals surface area contributed by atoms with E-state index >= 15 is 0 Å². The summed E-state index contributed by atoms with van der Waals surface area (Å²) >= 11 is 0. The van der Waals surface area contributed by atoms with Gasteiger partial charge in [0.2, 0.25) is 0 Å². The summed E-state index contributed by atoms with van der Waals surface area (Å²) in [4.78, 5) is 3.99. The van der Waals surface area contributed by atoms with Crippen LogP contribution < -0.4 is 11.3 Å². The molecular weight excluding hydrogens is 264 g/mol. The molecule has 0 unspecified atom stereocenters. The molecule has 0 spiro atoms. The average Bonchev–Trinajstić information content (AvgIpc) is 2.38. The van der Waals surface area contributed by atoms with Crippen molar-refractivity contribution in [2.24, 2.45) is 5.84 Å². The lowest BCUT2D eigenvalue weighted by Crippen LogP contribution is -2.47. The highest BCUT2D eigenvalue weighted by Gasteiger charge is 2.37. The number of piperidine rings is 1. The van der Waals surface area contributed by atoms with Crippen LogP contribution in [0.1, 0.15) is 33.1 Å². The van der Waals surface area contributed by atoms with Crippen molar-refractivity contribution in [3.63, 3.8) is 0 Å². The lowest BCUT2D eigenvalue weighted by Gasteiger charge is -2.37. The average molecular weight is 284 g/mol. The van der Waals surface area contributed by atoms with Crippen LogP contribution in [-0.2, 0) is 10.0 Å². The maximum atomic E-state index is 12.8. The number of nitrogens with zero attached hydrogens (tertiary/aromatic N) is 2. The summed E-state index contributed by atoms with van der Waals surface area (Å²) in [6, 6.07) is 3.24. The molecule has 0 amide bonds. The first-order chi connectivity index (χ1) is 8.98. The molecule has 0 aliphatic carbocycles. The maximum absolute atomic E-state index is 12.8. The number of aromatic nitrogens is 1. The van der Waals surface area contributed by atoms with Crippen molar-refractivity contribution in [1.82, 2.24) is 9.29 Å². The van der Waals surface area contributed by atoms with Crippen molar-refractivity contribution < 1.29 is 8.42 Å². The minimum absolute atomic E-state index is 0.00176. The van der Waals surface area contributed by atoms with Gasteiger partial charge in [0.25, 0.3) is 10.0 Å². The van der Waals surface area contributed by atoms with Gasteiger partial charge in [-0.1, -0.05) is 6.42 Å². The van der Waals surface area contributed by atoms with E-state index in [0.29, 0.717) is 5.69 Å². The maximum Gasteiger partial charge on any atom is 0.263 e. The normalized spacial score (nSPS) is 25.2. The second-order valence-electron chi connectivity index (χ2n) is 4.96. The fourth-order valence-corrected chi connectivity index (χ4v) is 4.63. The van der Waals surface area contributed by atoms with Crippen LogP contribution in [0, 0.1) is 0 Å². The molecule has 3 N–H and O–H groups in total. The number of anilines is 1. The summed E-state index contributed by atoms with van der Waals surface area (Å²) in [6.45, 7) is 3.87. The highest BCUT2D eigenvalue weighted by atomic mass is 32.2. The summed E-state index contributed by atoms with van der Waals surface area (Å²) in [7, 11) is -3.62. The zero-order valence-corrected chi connectivity index (χ0v) is 12.0. The van der Waals surface area contributed by atoms with Gasteiger partial charge >= 0.3 is 0 Å². The van der Waals surface area contributed by atoms with Gasteiger partial charge in [0.1, 0.15) is 0 Å². The van der Waals surface area contributed by atoms with E-state index in [1.54, 1.807) is 16.4 Å². The molecule has 0 saturated carbocycles. The third-order valence-corrected chi connectivity index (χ3v) is 5.65. The first-order valence-corrected chi connectivity index (χ1v) is 7.87. The number of nitrogen functional groups attached to an aromatic ring is 1. The fourth-order valence-electron chi connectivity index (χ4n) is 2.68. The van der Waals surface area contributed by atoms with Crippen LogP contribution in [0.4, 0.5) is 5.69 Å². The number of nitrogens with two attached hydrogens (primary N) is 1. The SMILES string of the molecule is C[C@@H]1CCC[C@H](C)N1S(=O)(=O)c1ncccc1NN. The van der Waals surface area contributed by atoms with E-state index in [-0.39, 0.29) is 17.1 Å². The van der Waals surface area contributed by atoms with Gasteiger partial charge in [-0.25, -0.2) is 13.4 Å². The Hall–Kier alpha value is -1.18. The Kier molecular flexibility index (Phi) is 4.07. The highest BCUT2D eigenvalue weighted by Crippen LogP contribution is 2.31. The largest absolute Gasteiger partial charge is 0.321 e. The minimum atomic E-state index is -3.62. The molecule has 2 heterocycles. The Balaban J connectivity index is 2.46. The zero-order chi connectivity index (χ0) is 14.0. The van der Waals surface area contributed by atoms with Crippen molar-refractivity contribution in [2.45, 2.75) is 50.2 Å². The number of sulfonamides is 1. The lowest BCUT2D eigenvalue weighted by molar-refractivity contribution is 0.204. The second kappa shape index (κ2) is 5.44. The van der Waals surface area contributed by atoms with Crippen molar-refractivity contribution in [1.29, 1.82) is 0 Å². The summed E-state index contributed by atoms with van der Waals surface area (Å²) < 4.78 is 27.1. The predicted molar refractivity (Wildman–Crippen MR) is 73.8 cm³/mol. The zero-order valence-electron chi connectivity index (χ0n) is 11.2. The molecule has 2 atom stereocenters. The van der Waals surface area contributed by atoms with Crippen LogP contribution in [0.15, 0.2) is 23.4 Å². The quantitative estimate of drug-likeness (QED) is 0.645. The molecule has 0 aromatic carbocycles. The summed E-state index contributed by atoms with van der Waals surface area (Å²) in [6.07, 6.45) is 4.27. The molecule has 1 aliphatic heterocycles. The molecule has 19 heavy (non-hydrogen) atoms. The Labute approximate surface area is 114 Å². The third-order valence-electron chi connectivity index (χ3n) is 3.56. The first kappa shape index (κ1) is 14.2. The van der Waals surface area contributed by atoms with Gasteiger partial charge in [-0.05, 0) is 38.8 Å². The van der Waals surface area contributed by atoms with Crippen LogP contribution in [0.3, 0.4) is 0 Å². The molecule has 2 rings (SSSR count). The van der Waals surface area contributed by atoms with E-state index in [1.807, 2.05) is 13.8 Å². The predicted octanol–water partition coefficient (Wildman–Crippen LogP) is 1.32. The number of hydrogen-bond donors (Lipinski definition) is 2. The van der Waals surface area contributed by atoms with E-state index in [4.69, 9.17) is 5.84 Å². The van der Waals surface area contributed by atoms with E-state index in [0.717, 1.165) is 19.3 Å². The van der Waals surface area contributed by atoms with Crippen molar-refractivity contribution in [2.75, 3.05) is 5.43 Å². The van der Waals surface area contributed by atoms with E-state index in [2.05, 4.69) is 10.4 Å². The Morgan fingerprint density at radius 1 is 1.37 bits per heavy atom. The molecule has 1 saturated heterocycles. The fraction of sp³-hybridized carbons (Fsp3) is 0.583. The smallest absolute Gasteiger partial charge is 0.263 e. The molecule has 1 aromatic heterocycles. The number of hydrazine groups is 1. The van der Waals surface area contributed by atoms with Crippen LogP contribution in [0.25, 0.3) is 0 Å². The van der Waals surface area contributed by atoms with Gasteiger partial charge < -0.3 is 5.43 Å². The van der Waals surface area contributed by atoms with Crippen molar-refractivity contribution in [3.05, 3.63) is 18.3 Å². The summed E-state index contributed by atoms with van der Waals surface area (Å²) in [5, 5.41) is -0.00176. The highest BCUT2D eigenvalue weighted by molar-refractivity contribution is 7.89. The molecule has 6 nitrogen and oxygen atoms in total. The number of hydrogen-bond acceptors (Lipinski definition) is 5. The standard InChI is InChI=1S/C12H20N4O2S/c1-9-5-3-6-10(2)16(9)19(17,18)12-11(15-13)7-4-8-14-12/h4,7-10,15H,3,5-6,13H2,1-2H3/t9-,10+. The molecule has 0 radical (unpaired) electrons. The molecule has 1 fully saturated rings. The molecule has 1 aromatic rings. The molecule has 7 heteroatoms. The van der Waals surface area contributed by atoms with Gasteiger partial charge in [-0.15, -0.1) is 0 Å². The second-order valence-corrected chi connectivity index (χ2v) is 6.72. The monoisotopic (exact) mass is 284 g/mol. The Morgan fingerprint density at radius 2 is 2.00 bits per heavy atom. The number of pyridine rings is 1. The van der Waals surface area contributed by atoms with Crippen LogP contribution in [-0.4, -0.2) is 29.8 Å². The van der Waals surface area contributed by atoms with Gasteiger partial charge in [-0.3, -0.25) is 5.84 Å². The van der Waals surface area contributed by atoms with Crippen LogP contribution >= 0.6 is 0 Å². The van der Waals surface area contributed by atoms with Gasteiger partial charge in [0.15, 0.2) is 5.03 Å². The third kappa shape index (κ3) is 2.58. The minimum Gasteiger partial charge on any atom is -0.321 e. The van der Waals surface area contributed by atoms with Gasteiger partial charge in [-0.2, -0.15) is 4.31 Å². The number of nitrogens with one attached hydrogen (secondary N) is 1.